The van der Waals surface area contributed by atoms with Crippen molar-refractivity contribution in [3.8, 4) is 0 Å². The second-order valence-electron chi connectivity index (χ2n) is 11.7. The van der Waals surface area contributed by atoms with Gasteiger partial charge in [-0.3, -0.25) is 24.3 Å². The van der Waals surface area contributed by atoms with Gasteiger partial charge in [-0.15, -0.1) is 0 Å². The van der Waals surface area contributed by atoms with Crippen molar-refractivity contribution in [2.75, 3.05) is 21.7 Å². The number of carbonyl (C=O) groups excluding carboxylic acids is 3. The zero-order chi connectivity index (χ0) is 30.6. The van der Waals surface area contributed by atoms with E-state index in [1.807, 2.05) is 64.1 Å². The Bertz CT molecular complexity index is 1620. The maximum atomic E-state index is 13.7. The first-order chi connectivity index (χ1) is 20.6. The number of hydrogen-bond acceptors (Lipinski definition) is 8. The average Bonchev–Trinajstić information content (AvgIpc) is 3.33. The van der Waals surface area contributed by atoms with Gasteiger partial charge >= 0.3 is 0 Å². The summed E-state index contributed by atoms with van der Waals surface area (Å²) >= 11 is 0. The summed E-state index contributed by atoms with van der Waals surface area (Å²) in [5.41, 5.74) is 3.28. The van der Waals surface area contributed by atoms with Crippen molar-refractivity contribution >= 4 is 40.6 Å². The lowest BCUT2D eigenvalue weighted by molar-refractivity contribution is -0.121. The minimum Gasteiger partial charge on any atom is -0.358 e. The number of amides is 2. The Morgan fingerprint density at radius 1 is 1.00 bits per heavy atom. The molecule has 1 N–H and O–H groups in total. The summed E-state index contributed by atoms with van der Waals surface area (Å²) < 4.78 is 0. The highest BCUT2D eigenvalue weighted by Crippen LogP contribution is 2.34. The zero-order valence-electron chi connectivity index (χ0n) is 24.8. The summed E-state index contributed by atoms with van der Waals surface area (Å²) in [6, 6.07) is 14.1. The molecule has 10 nitrogen and oxygen atoms in total. The molecule has 0 saturated heterocycles. The molecule has 0 radical (unpaired) electrons. The number of benzene rings is 1. The van der Waals surface area contributed by atoms with Crippen molar-refractivity contribution in [2.24, 2.45) is 5.41 Å². The van der Waals surface area contributed by atoms with Crippen molar-refractivity contribution in [1.29, 1.82) is 0 Å². The third kappa shape index (κ3) is 6.74. The van der Waals surface area contributed by atoms with Crippen LogP contribution in [0.2, 0.25) is 0 Å². The van der Waals surface area contributed by atoms with E-state index < -0.39 is 6.04 Å². The van der Waals surface area contributed by atoms with Gasteiger partial charge in [-0.25, -0.2) is 15.0 Å². The molecule has 1 aliphatic rings. The fraction of sp³-hybridized carbons (Fsp3) is 0.303. The predicted octanol–water partition coefficient (Wildman–Crippen LogP) is 5.18. The molecule has 1 aromatic carbocycles. The highest BCUT2D eigenvalue weighted by Gasteiger charge is 2.30. The molecule has 1 aliphatic heterocycles. The second-order valence-corrected chi connectivity index (χ2v) is 11.7. The molecule has 0 unspecified atom stereocenters. The van der Waals surface area contributed by atoms with Gasteiger partial charge in [0.15, 0.2) is 11.6 Å². The lowest BCUT2D eigenvalue weighted by Gasteiger charge is -2.27. The quantitative estimate of drug-likeness (QED) is 0.274. The second kappa shape index (κ2) is 12.5. The average molecular weight is 578 g/mol. The molecule has 5 rings (SSSR count). The molecule has 1 atom stereocenters. The number of ketones is 1. The van der Waals surface area contributed by atoms with Gasteiger partial charge < -0.3 is 10.2 Å². The number of rotatable bonds is 10. The number of hydrogen-bond donors (Lipinski definition) is 1. The molecular weight excluding hydrogens is 542 g/mol. The number of Topliss-reactive ketones (excluding diaryl/α,β-unsaturated/α-hetero) is 1. The number of pyridine rings is 2. The normalized spacial score (nSPS) is 13.4. The van der Waals surface area contributed by atoms with Crippen LogP contribution in [0.15, 0.2) is 79.6 Å². The maximum Gasteiger partial charge on any atom is 0.258 e. The minimum absolute atomic E-state index is 0.0255. The van der Waals surface area contributed by atoms with Crippen molar-refractivity contribution in [3.63, 3.8) is 0 Å². The van der Waals surface area contributed by atoms with E-state index in [1.165, 1.54) is 6.33 Å². The van der Waals surface area contributed by atoms with Gasteiger partial charge in [-0.1, -0.05) is 39.0 Å². The van der Waals surface area contributed by atoms with Crippen LogP contribution in [0.1, 0.15) is 55.6 Å². The molecular formula is C33H35N7O3. The number of nitrogens with one attached hydrogen (secondary N) is 1. The predicted molar refractivity (Wildman–Crippen MR) is 165 cm³/mol. The first-order valence-electron chi connectivity index (χ1n) is 14.3. The van der Waals surface area contributed by atoms with E-state index >= 15 is 0 Å². The molecule has 2 amide bonds. The molecule has 10 heteroatoms. The summed E-state index contributed by atoms with van der Waals surface area (Å²) in [6.45, 7) is 8.32. The summed E-state index contributed by atoms with van der Waals surface area (Å²) in [5.74, 6) is 0.826. The number of fused-ring (bicyclic) bond motifs is 1. The Labute approximate surface area is 251 Å². The number of aromatic nitrogens is 4. The Balaban J connectivity index is 1.41. The van der Waals surface area contributed by atoms with Crippen LogP contribution >= 0.6 is 0 Å². The van der Waals surface area contributed by atoms with E-state index in [0.29, 0.717) is 48.7 Å². The lowest BCUT2D eigenvalue weighted by Crippen LogP contribution is -2.36. The Morgan fingerprint density at radius 2 is 1.74 bits per heavy atom. The summed E-state index contributed by atoms with van der Waals surface area (Å²) in [4.78, 5) is 60.1. The molecule has 220 valence electrons. The molecule has 0 spiro atoms. The monoisotopic (exact) mass is 577 g/mol. The van der Waals surface area contributed by atoms with Gasteiger partial charge in [-0.2, -0.15) is 0 Å². The number of carbonyl (C=O) groups is 3. The van der Waals surface area contributed by atoms with Gasteiger partial charge in [0, 0.05) is 42.7 Å². The Morgan fingerprint density at radius 3 is 2.44 bits per heavy atom. The van der Waals surface area contributed by atoms with Crippen LogP contribution in [0.3, 0.4) is 0 Å². The maximum absolute atomic E-state index is 13.7. The first kappa shape index (κ1) is 29.5. The SMILES string of the molecule is CCN(C(=O)c1ccncc1)c1cncnc1N[C@@H](Cc1ccc(N2C(=O)Cc3cccnc32)cc1)C(=O)CC(C)(C)C. The minimum atomic E-state index is -0.621. The zero-order valence-corrected chi connectivity index (χ0v) is 24.8. The largest absolute Gasteiger partial charge is 0.358 e. The number of nitrogens with zero attached hydrogens (tertiary/aromatic N) is 6. The van der Waals surface area contributed by atoms with E-state index in [-0.39, 0.29) is 23.0 Å². The van der Waals surface area contributed by atoms with Crippen LogP contribution in [0, 0.1) is 5.41 Å². The van der Waals surface area contributed by atoms with E-state index in [0.717, 1.165) is 16.8 Å². The van der Waals surface area contributed by atoms with Gasteiger partial charge in [0.2, 0.25) is 5.91 Å². The van der Waals surface area contributed by atoms with Crippen molar-refractivity contribution < 1.29 is 14.4 Å². The van der Waals surface area contributed by atoms with Crippen LogP contribution in [0.25, 0.3) is 0 Å². The molecule has 0 fully saturated rings. The molecule has 0 bridgehead atoms. The van der Waals surface area contributed by atoms with Gasteiger partial charge in [0.05, 0.1) is 24.3 Å². The summed E-state index contributed by atoms with van der Waals surface area (Å²) in [6.07, 6.45) is 8.85. The molecule has 3 aromatic heterocycles. The van der Waals surface area contributed by atoms with E-state index in [4.69, 9.17) is 0 Å². The number of anilines is 4. The summed E-state index contributed by atoms with van der Waals surface area (Å²) in [7, 11) is 0. The molecule has 0 aliphatic carbocycles. The van der Waals surface area contributed by atoms with Crippen LogP contribution in [-0.2, 0) is 22.4 Å². The van der Waals surface area contributed by atoms with Crippen LogP contribution in [0.5, 0.6) is 0 Å². The van der Waals surface area contributed by atoms with Gasteiger partial charge in [-0.05, 0) is 54.7 Å². The van der Waals surface area contributed by atoms with E-state index in [9.17, 15) is 14.4 Å². The Kier molecular flexibility index (Phi) is 8.56. The smallest absolute Gasteiger partial charge is 0.258 e. The molecule has 4 heterocycles. The third-order valence-corrected chi connectivity index (χ3v) is 7.18. The fourth-order valence-electron chi connectivity index (χ4n) is 5.17. The Hall–Kier alpha value is -4.99. The molecule has 0 saturated carbocycles. The van der Waals surface area contributed by atoms with E-state index in [1.54, 1.807) is 46.7 Å². The van der Waals surface area contributed by atoms with E-state index in [2.05, 4.69) is 25.3 Å². The van der Waals surface area contributed by atoms with Gasteiger partial charge in [0.25, 0.3) is 5.91 Å². The topological polar surface area (TPSA) is 121 Å². The summed E-state index contributed by atoms with van der Waals surface area (Å²) in [5, 5.41) is 3.35. The molecule has 4 aromatic rings. The fourth-order valence-corrected chi connectivity index (χ4v) is 5.17. The van der Waals surface area contributed by atoms with Crippen molar-refractivity contribution in [1.82, 2.24) is 19.9 Å². The first-order valence-corrected chi connectivity index (χ1v) is 14.3. The van der Waals surface area contributed by atoms with Crippen LogP contribution in [0.4, 0.5) is 23.0 Å². The standard InChI is InChI=1S/C33H35N7O3/c1-5-39(32(43)23-12-15-34-16-13-23)27-20-35-21-37-30(27)38-26(28(41)19-33(2,3)4)17-22-8-10-25(11-9-22)40-29(42)18-24-7-6-14-36-31(24)40/h6-16,20-21,26H,5,17-19H2,1-4H3,(H,35,37,38)/t26-/m0/s1. The highest BCUT2D eigenvalue weighted by molar-refractivity contribution is 6.07. The van der Waals surface area contributed by atoms with Crippen LogP contribution in [-0.4, -0.2) is 50.1 Å². The van der Waals surface area contributed by atoms with Gasteiger partial charge in [0.1, 0.15) is 17.8 Å². The highest BCUT2D eigenvalue weighted by atomic mass is 16.2. The van der Waals surface area contributed by atoms with Crippen molar-refractivity contribution in [3.05, 3.63) is 96.3 Å². The molecule has 43 heavy (non-hydrogen) atoms. The lowest BCUT2D eigenvalue weighted by atomic mass is 9.86. The third-order valence-electron chi connectivity index (χ3n) is 7.18. The van der Waals surface area contributed by atoms with Crippen molar-refractivity contribution in [2.45, 2.75) is 53.0 Å². The van der Waals surface area contributed by atoms with Crippen LogP contribution < -0.4 is 15.1 Å².